The molecule has 0 saturated carbocycles. The molecule has 6 heteroatoms. The van der Waals surface area contributed by atoms with Crippen molar-refractivity contribution in [3.8, 4) is 0 Å². The largest absolute Gasteiger partial charge is 0.401 e. The molecule has 1 aliphatic heterocycles. The van der Waals surface area contributed by atoms with Gasteiger partial charge in [-0.1, -0.05) is 6.92 Å². The van der Waals surface area contributed by atoms with Crippen molar-refractivity contribution in [1.29, 1.82) is 0 Å². The summed E-state index contributed by atoms with van der Waals surface area (Å²) in [6.07, 6.45) is -1.46. The van der Waals surface area contributed by atoms with Crippen LogP contribution in [0, 0.1) is 0 Å². The summed E-state index contributed by atoms with van der Waals surface area (Å²) in [4.78, 5) is 13.3. The van der Waals surface area contributed by atoms with E-state index in [0.717, 1.165) is 12.8 Å². The van der Waals surface area contributed by atoms with Gasteiger partial charge >= 0.3 is 6.18 Å². The molecule has 0 aromatic rings. The number of carbonyl (C=O) groups excluding carboxylic acids is 1. The number of nitrogens with one attached hydrogen (secondary N) is 1. The zero-order valence-electron chi connectivity index (χ0n) is 10.0. The Kier molecular flexibility index (Phi) is 5.24. The number of carbonyl (C=O) groups is 1. The van der Waals surface area contributed by atoms with Crippen LogP contribution in [0.4, 0.5) is 13.2 Å². The first-order valence-corrected chi connectivity index (χ1v) is 6.00. The van der Waals surface area contributed by atoms with E-state index in [9.17, 15) is 18.0 Å². The van der Waals surface area contributed by atoms with Gasteiger partial charge in [0, 0.05) is 25.6 Å². The maximum absolute atomic E-state index is 12.0. The quantitative estimate of drug-likeness (QED) is 0.829. The number of hydrogen-bond donors (Lipinski definition) is 1. The topological polar surface area (TPSA) is 32.3 Å². The van der Waals surface area contributed by atoms with Crippen LogP contribution in [0.25, 0.3) is 0 Å². The molecule has 1 amide bonds. The van der Waals surface area contributed by atoms with E-state index >= 15 is 0 Å². The third kappa shape index (κ3) is 5.39. The molecule has 0 aliphatic carbocycles. The minimum atomic E-state index is -4.18. The maximum atomic E-state index is 12.0. The van der Waals surface area contributed by atoms with Crippen molar-refractivity contribution >= 4 is 5.91 Å². The highest BCUT2D eigenvalue weighted by atomic mass is 19.4. The monoisotopic (exact) mass is 252 g/mol. The molecule has 0 spiro atoms. The SMILES string of the molecule is CCCC(=O)N1CCCC(NCC(F)(F)F)C1. The Morgan fingerprint density at radius 1 is 1.47 bits per heavy atom. The second-order valence-corrected chi connectivity index (χ2v) is 4.42. The molecule has 0 aromatic carbocycles. The second kappa shape index (κ2) is 6.23. The van der Waals surface area contributed by atoms with Crippen LogP contribution in [0.5, 0.6) is 0 Å². The van der Waals surface area contributed by atoms with Gasteiger partial charge in [-0.25, -0.2) is 0 Å². The summed E-state index contributed by atoms with van der Waals surface area (Å²) < 4.78 is 36.1. The van der Waals surface area contributed by atoms with E-state index in [2.05, 4.69) is 5.32 Å². The fourth-order valence-corrected chi connectivity index (χ4v) is 2.00. The molecule has 0 radical (unpaired) electrons. The van der Waals surface area contributed by atoms with Gasteiger partial charge in [-0.05, 0) is 19.3 Å². The van der Waals surface area contributed by atoms with Gasteiger partial charge in [-0.15, -0.1) is 0 Å². The van der Waals surface area contributed by atoms with Gasteiger partial charge in [-0.3, -0.25) is 4.79 Å². The number of likely N-dealkylation sites (tertiary alicyclic amines) is 1. The van der Waals surface area contributed by atoms with Crippen LogP contribution in [-0.2, 0) is 4.79 Å². The molecule has 1 rings (SSSR count). The Balaban J connectivity index is 2.36. The Bertz CT molecular complexity index is 256. The molecule has 1 fully saturated rings. The lowest BCUT2D eigenvalue weighted by molar-refractivity contribution is -0.134. The minimum Gasteiger partial charge on any atom is -0.341 e. The van der Waals surface area contributed by atoms with Crippen molar-refractivity contribution in [2.75, 3.05) is 19.6 Å². The first-order valence-electron chi connectivity index (χ1n) is 6.00. The zero-order valence-corrected chi connectivity index (χ0v) is 10.0. The molecule has 0 aromatic heterocycles. The smallest absolute Gasteiger partial charge is 0.341 e. The minimum absolute atomic E-state index is 0.0472. The summed E-state index contributed by atoms with van der Waals surface area (Å²) in [5.74, 6) is 0.0472. The van der Waals surface area contributed by atoms with E-state index < -0.39 is 12.7 Å². The predicted molar refractivity (Wildman–Crippen MR) is 58.6 cm³/mol. The van der Waals surface area contributed by atoms with E-state index in [-0.39, 0.29) is 11.9 Å². The van der Waals surface area contributed by atoms with Crippen LogP contribution in [0.15, 0.2) is 0 Å². The number of hydrogen-bond acceptors (Lipinski definition) is 2. The summed E-state index contributed by atoms with van der Waals surface area (Å²) >= 11 is 0. The van der Waals surface area contributed by atoms with E-state index in [0.29, 0.717) is 25.9 Å². The summed E-state index contributed by atoms with van der Waals surface area (Å²) in [5.41, 5.74) is 0. The average Bonchev–Trinajstić information content (AvgIpc) is 2.26. The molecule has 1 N–H and O–H groups in total. The molecule has 1 heterocycles. The van der Waals surface area contributed by atoms with Crippen molar-refractivity contribution < 1.29 is 18.0 Å². The van der Waals surface area contributed by atoms with Crippen LogP contribution in [0.2, 0.25) is 0 Å². The van der Waals surface area contributed by atoms with Crippen LogP contribution < -0.4 is 5.32 Å². The molecule has 17 heavy (non-hydrogen) atoms. The fraction of sp³-hybridized carbons (Fsp3) is 0.909. The highest BCUT2D eigenvalue weighted by molar-refractivity contribution is 5.76. The predicted octanol–water partition coefficient (Wildman–Crippen LogP) is 1.93. The molecule has 0 bridgehead atoms. The Labute approximate surface area is 99.4 Å². The van der Waals surface area contributed by atoms with Crippen LogP contribution in [-0.4, -0.2) is 42.7 Å². The summed E-state index contributed by atoms with van der Waals surface area (Å²) in [5, 5.41) is 2.47. The Hall–Kier alpha value is -0.780. The first-order chi connectivity index (χ1) is 7.92. The summed E-state index contributed by atoms with van der Waals surface area (Å²) in [7, 11) is 0. The molecule has 1 saturated heterocycles. The standard InChI is InChI=1S/C11H19F3N2O/c1-2-4-10(17)16-6-3-5-9(7-16)15-8-11(12,13)14/h9,15H,2-8H2,1H3. The van der Waals surface area contributed by atoms with Crippen molar-refractivity contribution in [3.05, 3.63) is 0 Å². The number of rotatable bonds is 4. The zero-order chi connectivity index (χ0) is 12.9. The first kappa shape index (κ1) is 14.3. The van der Waals surface area contributed by atoms with Gasteiger partial charge in [0.2, 0.25) is 5.91 Å². The van der Waals surface area contributed by atoms with Crippen molar-refractivity contribution in [2.45, 2.75) is 44.8 Å². The molecule has 1 atom stereocenters. The Morgan fingerprint density at radius 3 is 2.76 bits per heavy atom. The number of alkyl halides is 3. The lowest BCUT2D eigenvalue weighted by Gasteiger charge is -2.33. The third-order valence-electron chi connectivity index (χ3n) is 2.83. The lowest BCUT2D eigenvalue weighted by atomic mass is 10.1. The number of halogens is 3. The lowest BCUT2D eigenvalue weighted by Crippen LogP contribution is -2.49. The fourth-order valence-electron chi connectivity index (χ4n) is 2.00. The second-order valence-electron chi connectivity index (χ2n) is 4.42. The number of nitrogens with zero attached hydrogens (tertiary/aromatic N) is 1. The van der Waals surface area contributed by atoms with Gasteiger partial charge in [0.15, 0.2) is 0 Å². The normalized spacial score (nSPS) is 21.6. The molecular weight excluding hydrogens is 233 g/mol. The molecule has 1 aliphatic rings. The van der Waals surface area contributed by atoms with Crippen molar-refractivity contribution in [3.63, 3.8) is 0 Å². The van der Waals surface area contributed by atoms with Crippen LogP contribution >= 0.6 is 0 Å². The van der Waals surface area contributed by atoms with Gasteiger partial charge in [0.25, 0.3) is 0 Å². The van der Waals surface area contributed by atoms with E-state index in [1.807, 2.05) is 6.92 Å². The molecule has 3 nitrogen and oxygen atoms in total. The summed E-state index contributed by atoms with van der Waals surface area (Å²) in [6.45, 7) is 2.01. The van der Waals surface area contributed by atoms with Gasteiger partial charge in [0.05, 0.1) is 6.54 Å². The number of piperidine rings is 1. The van der Waals surface area contributed by atoms with Gasteiger partial charge in [0.1, 0.15) is 0 Å². The van der Waals surface area contributed by atoms with Crippen LogP contribution in [0.3, 0.4) is 0 Å². The van der Waals surface area contributed by atoms with Crippen molar-refractivity contribution in [2.24, 2.45) is 0 Å². The highest BCUT2D eigenvalue weighted by Crippen LogP contribution is 2.16. The number of amides is 1. The van der Waals surface area contributed by atoms with E-state index in [1.165, 1.54) is 0 Å². The Morgan fingerprint density at radius 2 is 2.18 bits per heavy atom. The highest BCUT2D eigenvalue weighted by Gasteiger charge is 2.30. The summed E-state index contributed by atoms with van der Waals surface area (Å²) in [6, 6.07) is -0.230. The third-order valence-corrected chi connectivity index (χ3v) is 2.83. The maximum Gasteiger partial charge on any atom is 0.401 e. The van der Waals surface area contributed by atoms with Gasteiger partial charge in [-0.2, -0.15) is 13.2 Å². The molecule has 1 unspecified atom stereocenters. The molecular formula is C11H19F3N2O. The van der Waals surface area contributed by atoms with E-state index in [4.69, 9.17) is 0 Å². The van der Waals surface area contributed by atoms with Crippen LogP contribution in [0.1, 0.15) is 32.6 Å². The van der Waals surface area contributed by atoms with Gasteiger partial charge < -0.3 is 10.2 Å². The molecule has 100 valence electrons. The average molecular weight is 252 g/mol. The van der Waals surface area contributed by atoms with Crippen molar-refractivity contribution in [1.82, 2.24) is 10.2 Å². The van der Waals surface area contributed by atoms with E-state index in [1.54, 1.807) is 4.90 Å².